The molecule has 0 aromatic heterocycles. The lowest BCUT2D eigenvalue weighted by Crippen LogP contribution is -2.31. The minimum absolute atomic E-state index is 0.239. The molecule has 0 spiro atoms. The number of hydrogen-bond donors (Lipinski definition) is 0. The highest BCUT2D eigenvalue weighted by Crippen LogP contribution is 2.03. The summed E-state index contributed by atoms with van der Waals surface area (Å²) in [6.07, 6.45) is 2.43. The average molecular weight is 201 g/mol. The van der Waals surface area contributed by atoms with Crippen LogP contribution in [-0.4, -0.2) is 35.4 Å². The molecule has 0 aliphatic heterocycles. The molecule has 0 saturated carbocycles. The molecule has 0 bridgehead atoms. The highest BCUT2D eigenvalue weighted by molar-refractivity contribution is 7.99. The van der Waals surface area contributed by atoms with Crippen LogP contribution in [0.5, 0.6) is 0 Å². The molecule has 0 heterocycles. The van der Waals surface area contributed by atoms with Gasteiger partial charge in [-0.05, 0) is 12.7 Å². The summed E-state index contributed by atoms with van der Waals surface area (Å²) in [5.41, 5.74) is 0. The predicted octanol–water partition coefficient (Wildman–Crippen LogP) is 2.16. The molecule has 0 atom stereocenters. The van der Waals surface area contributed by atoms with Gasteiger partial charge in [-0.15, -0.1) is 6.58 Å². The van der Waals surface area contributed by atoms with Crippen molar-refractivity contribution in [1.82, 2.24) is 4.90 Å². The van der Waals surface area contributed by atoms with E-state index < -0.39 is 0 Å². The fourth-order valence-electron chi connectivity index (χ4n) is 1.03. The van der Waals surface area contributed by atoms with Crippen LogP contribution in [0.1, 0.15) is 20.3 Å². The third-order valence-electron chi connectivity index (χ3n) is 1.75. The molecule has 3 heteroatoms. The van der Waals surface area contributed by atoms with Crippen molar-refractivity contribution in [3.63, 3.8) is 0 Å². The van der Waals surface area contributed by atoms with Crippen molar-refractivity contribution in [2.75, 3.05) is 24.6 Å². The van der Waals surface area contributed by atoms with Gasteiger partial charge in [0.1, 0.15) is 0 Å². The predicted molar refractivity (Wildman–Crippen MR) is 60.1 cm³/mol. The molecular formula is C10H19NOS. The number of amides is 1. The van der Waals surface area contributed by atoms with E-state index in [-0.39, 0.29) is 5.91 Å². The van der Waals surface area contributed by atoms with Gasteiger partial charge >= 0.3 is 0 Å². The van der Waals surface area contributed by atoms with E-state index in [1.807, 2.05) is 23.6 Å². The van der Waals surface area contributed by atoms with E-state index >= 15 is 0 Å². The smallest absolute Gasteiger partial charge is 0.223 e. The van der Waals surface area contributed by atoms with Gasteiger partial charge in [0.2, 0.25) is 5.91 Å². The molecule has 0 aromatic carbocycles. The second-order valence-electron chi connectivity index (χ2n) is 2.67. The molecule has 13 heavy (non-hydrogen) atoms. The number of likely N-dealkylation sites (N-methyl/N-ethyl adjacent to an activating group) is 1. The van der Waals surface area contributed by atoms with Gasteiger partial charge in [-0.3, -0.25) is 4.79 Å². The van der Waals surface area contributed by atoms with Crippen molar-refractivity contribution in [2.45, 2.75) is 20.3 Å². The van der Waals surface area contributed by atoms with Crippen molar-refractivity contribution < 1.29 is 4.79 Å². The number of rotatable bonds is 7. The van der Waals surface area contributed by atoms with E-state index in [4.69, 9.17) is 0 Å². The summed E-state index contributed by atoms with van der Waals surface area (Å²) in [4.78, 5) is 13.3. The van der Waals surface area contributed by atoms with E-state index in [0.717, 1.165) is 18.1 Å². The summed E-state index contributed by atoms with van der Waals surface area (Å²) in [5, 5.41) is 0. The van der Waals surface area contributed by atoms with E-state index in [0.29, 0.717) is 13.0 Å². The van der Waals surface area contributed by atoms with Gasteiger partial charge in [0.25, 0.3) is 0 Å². The summed E-state index contributed by atoms with van der Waals surface area (Å²) < 4.78 is 0. The first-order valence-corrected chi connectivity index (χ1v) is 5.88. The highest BCUT2D eigenvalue weighted by Gasteiger charge is 2.08. The van der Waals surface area contributed by atoms with Gasteiger partial charge in [0.05, 0.1) is 0 Å². The molecule has 0 aliphatic carbocycles. The Balaban J connectivity index is 3.70. The Morgan fingerprint density at radius 2 is 2.23 bits per heavy atom. The third kappa shape index (κ3) is 5.75. The molecular weight excluding hydrogens is 182 g/mol. The van der Waals surface area contributed by atoms with E-state index in [1.54, 1.807) is 6.08 Å². The van der Waals surface area contributed by atoms with E-state index in [2.05, 4.69) is 13.5 Å². The molecule has 1 amide bonds. The fraction of sp³-hybridized carbons (Fsp3) is 0.700. The van der Waals surface area contributed by atoms with Crippen LogP contribution in [-0.2, 0) is 4.79 Å². The standard InChI is InChI=1S/C10H19NOS/c1-4-8-11(5-2)10(12)7-9-13-6-3/h4H,1,5-9H2,2-3H3. The quantitative estimate of drug-likeness (QED) is 0.465. The lowest BCUT2D eigenvalue weighted by molar-refractivity contribution is -0.130. The van der Waals surface area contributed by atoms with Gasteiger partial charge < -0.3 is 4.90 Å². The van der Waals surface area contributed by atoms with E-state index in [9.17, 15) is 4.79 Å². The Labute approximate surface area is 85.4 Å². The summed E-state index contributed by atoms with van der Waals surface area (Å²) in [5.74, 6) is 2.26. The average Bonchev–Trinajstić information content (AvgIpc) is 2.14. The molecule has 0 radical (unpaired) electrons. The van der Waals surface area contributed by atoms with Crippen LogP contribution in [0, 0.1) is 0 Å². The van der Waals surface area contributed by atoms with Gasteiger partial charge in [-0.2, -0.15) is 11.8 Å². The maximum absolute atomic E-state index is 11.5. The highest BCUT2D eigenvalue weighted by atomic mass is 32.2. The van der Waals surface area contributed by atoms with Crippen LogP contribution in [0.15, 0.2) is 12.7 Å². The molecule has 2 nitrogen and oxygen atoms in total. The Morgan fingerprint density at radius 1 is 1.54 bits per heavy atom. The third-order valence-corrected chi connectivity index (χ3v) is 2.65. The zero-order valence-corrected chi connectivity index (χ0v) is 9.40. The maximum atomic E-state index is 11.5. The number of carbonyl (C=O) groups excluding carboxylic acids is 1. The van der Waals surface area contributed by atoms with Crippen LogP contribution in [0.4, 0.5) is 0 Å². The molecule has 76 valence electrons. The van der Waals surface area contributed by atoms with Crippen LogP contribution < -0.4 is 0 Å². The van der Waals surface area contributed by atoms with Crippen molar-refractivity contribution in [1.29, 1.82) is 0 Å². The SMILES string of the molecule is C=CCN(CC)C(=O)CCSCC. The Hall–Kier alpha value is -0.440. The Bertz CT molecular complexity index is 159. The van der Waals surface area contributed by atoms with Crippen LogP contribution in [0.3, 0.4) is 0 Å². The van der Waals surface area contributed by atoms with Gasteiger partial charge in [0, 0.05) is 25.3 Å². The molecule has 0 N–H and O–H groups in total. The van der Waals surface area contributed by atoms with E-state index in [1.165, 1.54) is 0 Å². The lowest BCUT2D eigenvalue weighted by Gasteiger charge is -2.18. The normalized spacial score (nSPS) is 9.69. The van der Waals surface area contributed by atoms with Crippen molar-refractivity contribution in [2.24, 2.45) is 0 Å². The first-order valence-electron chi connectivity index (χ1n) is 4.72. The van der Waals surface area contributed by atoms with Crippen molar-refractivity contribution in [3.05, 3.63) is 12.7 Å². The number of thioether (sulfide) groups is 1. The number of carbonyl (C=O) groups is 1. The second kappa shape index (κ2) is 8.17. The van der Waals surface area contributed by atoms with Crippen LogP contribution in [0.2, 0.25) is 0 Å². The molecule has 0 rings (SSSR count). The minimum Gasteiger partial charge on any atom is -0.339 e. The molecule has 0 aliphatic rings. The molecule has 0 aromatic rings. The Kier molecular flexibility index (Phi) is 7.90. The summed E-state index contributed by atoms with van der Waals surface area (Å²) >= 11 is 1.81. The van der Waals surface area contributed by atoms with Gasteiger partial charge in [0.15, 0.2) is 0 Å². The number of hydrogen-bond acceptors (Lipinski definition) is 2. The first-order chi connectivity index (χ1) is 6.26. The lowest BCUT2D eigenvalue weighted by atomic mass is 10.4. The van der Waals surface area contributed by atoms with Crippen molar-refractivity contribution >= 4 is 17.7 Å². The molecule has 0 saturated heterocycles. The van der Waals surface area contributed by atoms with Crippen LogP contribution in [0.25, 0.3) is 0 Å². The molecule has 0 fully saturated rings. The van der Waals surface area contributed by atoms with Gasteiger partial charge in [-0.1, -0.05) is 13.0 Å². The summed E-state index contributed by atoms with van der Waals surface area (Å²) in [6, 6.07) is 0. The zero-order chi connectivity index (χ0) is 10.1. The fourth-order valence-corrected chi connectivity index (χ4v) is 1.63. The maximum Gasteiger partial charge on any atom is 0.223 e. The minimum atomic E-state index is 0.239. The topological polar surface area (TPSA) is 20.3 Å². The Morgan fingerprint density at radius 3 is 2.69 bits per heavy atom. The van der Waals surface area contributed by atoms with Crippen molar-refractivity contribution in [3.8, 4) is 0 Å². The monoisotopic (exact) mass is 201 g/mol. The summed E-state index contributed by atoms with van der Waals surface area (Å²) in [6.45, 7) is 9.18. The zero-order valence-electron chi connectivity index (χ0n) is 8.58. The van der Waals surface area contributed by atoms with Gasteiger partial charge in [-0.25, -0.2) is 0 Å². The summed E-state index contributed by atoms with van der Waals surface area (Å²) in [7, 11) is 0. The number of nitrogens with zero attached hydrogens (tertiary/aromatic N) is 1. The largest absolute Gasteiger partial charge is 0.339 e. The molecule has 0 unspecified atom stereocenters. The first kappa shape index (κ1) is 12.6. The second-order valence-corrected chi connectivity index (χ2v) is 4.06. The van der Waals surface area contributed by atoms with Crippen LogP contribution >= 0.6 is 11.8 Å².